The molecule has 1 saturated heterocycles. The van der Waals surface area contributed by atoms with E-state index < -0.39 is 23.4 Å². The summed E-state index contributed by atoms with van der Waals surface area (Å²) in [4.78, 5) is 46.2. The van der Waals surface area contributed by atoms with E-state index in [1.165, 1.54) is 4.90 Å². The molecule has 1 amide bonds. The molecule has 22 heavy (non-hydrogen) atoms. The Kier molecular flexibility index (Phi) is 8.55. The van der Waals surface area contributed by atoms with E-state index in [0.717, 1.165) is 6.61 Å². The Bertz CT molecular complexity index is 411. The molecule has 7 heteroatoms. The number of aldehydes is 1. The minimum atomic E-state index is -1.04. The Balaban J connectivity index is 0.000000980. The first kappa shape index (κ1) is 20.2. The highest BCUT2D eigenvalue weighted by atomic mass is 16.6. The SMILES string of the molecule is CC(C)(C)OC(=O)N1CCC(=O)C(C(=O)C=O)C1.CCOC. The molecule has 0 spiro atoms. The average molecular weight is 315 g/mol. The number of methoxy groups -OCH3 is 1. The molecule has 0 radical (unpaired) electrons. The zero-order chi connectivity index (χ0) is 17.3. The third-order valence-corrected chi connectivity index (χ3v) is 2.82. The first-order valence-electron chi connectivity index (χ1n) is 7.14. The van der Waals surface area contributed by atoms with Gasteiger partial charge in [0.05, 0.1) is 0 Å². The fourth-order valence-corrected chi connectivity index (χ4v) is 1.66. The summed E-state index contributed by atoms with van der Waals surface area (Å²) in [5, 5.41) is 0. The van der Waals surface area contributed by atoms with Gasteiger partial charge < -0.3 is 14.4 Å². The van der Waals surface area contributed by atoms with E-state index in [9.17, 15) is 19.2 Å². The van der Waals surface area contributed by atoms with Gasteiger partial charge in [-0.05, 0) is 27.7 Å². The maximum atomic E-state index is 11.8. The molecule has 1 heterocycles. The van der Waals surface area contributed by atoms with E-state index in [2.05, 4.69) is 4.74 Å². The van der Waals surface area contributed by atoms with Gasteiger partial charge in [0.25, 0.3) is 0 Å². The molecule has 0 aromatic carbocycles. The fourth-order valence-electron chi connectivity index (χ4n) is 1.66. The highest BCUT2D eigenvalue weighted by Crippen LogP contribution is 2.17. The van der Waals surface area contributed by atoms with E-state index >= 15 is 0 Å². The molecule has 1 fully saturated rings. The molecule has 126 valence electrons. The van der Waals surface area contributed by atoms with Crippen molar-refractivity contribution in [3.05, 3.63) is 0 Å². The van der Waals surface area contributed by atoms with Crippen LogP contribution in [-0.4, -0.2) is 61.3 Å². The number of hydrogen-bond donors (Lipinski definition) is 0. The summed E-state index contributed by atoms with van der Waals surface area (Å²) >= 11 is 0. The molecule has 1 unspecified atom stereocenters. The lowest BCUT2D eigenvalue weighted by atomic mass is 9.93. The van der Waals surface area contributed by atoms with Crippen LogP contribution in [0.15, 0.2) is 0 Å². The summed E-state index contributed by atoms with van der Waals surface area (Å²) in [6, 6.07) is 0. The highest BCUT2D eigenvalue weighted by Gasteiger charge is 2.35. The molecule has 0 aromatic rings. The standard InChI is InChI=1S/C12H17NO5.C3H8O/c1-12(2,3)18-11(17)13-5-4-9(15)8(6-13)10(16)7-14;1-3-4-2/h7-8H,4-6H2,1-3H3;3H2,1-2H3. The zero-order valence-electron chi connectivity index (χ0n) is 13.9. The van der Waals surface area contributed by atoms with Gasteiger partial charge >= 0.3 is 6.09 Å². The van der Waals surface area contributed by atoms with E-state index in [-0.39, 0.29) is 31.6 Å². The van der Waals surface area contributed by atoms with Gasteiger partial charge in [0.15, 0.2) is 6.29 Å². The van der Waals surface area contributed by atoms with Crippen LogP contribution in [0, 0.1) is 5.92 Å². The molecule has 0 bridgehead atoms. The smallest absolute Gasteiger partial charge is 0.410 e. The monoisotopic (exact) mass is 315 g/mol. The number of ether oxygens (including phenoxy) is 2. The van der Waals surface area contributed by atoms with Crippen LogP contribution >= 0.6 is 0 Å². The second-order valence-corrected chi connectivity index (χ2v) is 5.79. The molecule has 0 aromatic heterocycles. The minimum absolute atomic E-state index is 0.0729. The molecule has 1 atom stereocenters. The summed E-state index contributed by atoms with van der Waals surface area (Å²) in [7, 11) is 1.68. The number of likely N-dealkylation sites (tertiary alicyclic amines) is 1. The van der Waals surface area contributed by atoms with Crippen LogP contribution in [-0.2, 0) is 23.9 Å². The van der Waals surface area contributed by atoms with Crippen molar-refractivity contribution < 1.29 is 28.7 Å². The largest absolute Gasteiger partial charge is 0.444 e. The predicted molar refractivity (Wildman–Crippen MR) is 79.5 cm³/mol. The van der Waals surface area contributed by atoms with Crippen LogP contribution in [0.2, 0.25) is 0 Å². The summed E-state index contributed by atoms with van der Waals surface area (Å²) in [6.45, 7) is 8.11. The van der Waals surface area contributed by atoms with Gasteiger partial charge in [-0.1, -0.05) is 0 Å². The van der Waals surface area contributed by atoms with Crippen LogP contribution in [0.25, 0.3) is 0 Å². The number of piperidine rings is 1. The number of ketones is 2. The first-order chi connectivity index (χ1) is 10.2. The topological polar surface area (TPSA) is 90.0 Å². The highest BCUT2D eigenvalue weighted by molar-refractivity contribution is 6.31. The molecular weight excluding hydrogens is 290 g/mol. The molecule has 7 nitrogen and oxygen atoms in total. The lowest BCUT2D eigenvalue weighted by Gasteiger charge is -2.32. The van der Waals surface area contributed by atoms with Gasteiger partial charge in [0.1, 0.15) is 17.3 Å². The summed E-state index contributed by atoms with van der Waals surface area (Å²) in [5.74, 6) is -2.12. The Morgan fingerprint density at radius 3 is 2.32 bits per heavy atom. The minimum Gasteiger partial charge on any atom is -0.444 e. The zero-order valence-corrected chi connectivity index (χ0v) is 13.9. The van der Waals surface area contributed by atoms with Crippen molar-refractivity contribution in [2.75, 3.05) is 26.8 Å². The van der Waals surface area contributed by atoms with Crippen molar-refractivity contribution >= 4 is 23.9 Å². The Labute approximate surface area is 130 Å². The lowest BCUT2D eigenvalue weighted by Crippen LogP contribution is -2.48. The van der Waals surface area contributed by atoms with Crippen molar-refractivity contribution in [3.8, 4) is 0 Å². The van der Waals surface area contributed by atoms with Crippen molar-refractivity contribution in [2.45, 2.75) is 39.7 Å². The van der Waals surface area contributed by atoms with Gasteiger partial charge in [-0.2, -0.15) is 0 Å². The van der Waals surface area contributed by atoms with E-state index in [1.54, 1.807) is 27.9 Å². The average Bonchev–Trinajstić information content (AvgIpc) is 2.45. The number of hydrogen-bond acceptors (Lipinski definition) is 6. The summed E-state index contributed by atoms with van der Waals surface area (Å²) < 4.78 is 9.69. The molecule has 0 aliphatic carbocycles. The van der Waals surface area contributed by atoms with Gasteiger partial charge in [-0.3, -0.25) is 14.4 Å². The Hall–Kier alpha value is -1.76. The molecule has 0 N–H and O–H groups in total. The molecule has 1 aliphatic heterocycles. The van der Waals surface area contributed by atoms with Crippen LogP contribution in [0.5, 0.6) is 0 Å². The van der Waals surface area contributed by atoms with E-state index in [4.69, 9.17) is 4.74 Å². The molecule has 0 saturated carbocycles. The third-order valence-electron chi connectivity index (χ3n) is 2.82. The fraction of sp³-hybridized carbons (Fsp3) is 0.733. The molecular formula is C15H25NO6. The summed E-state index contributed by atoms with van der Waals surface area (Å²) in [5.41, 5.74) is -0.636. The number of carbonyl (C=O) groups excluding carboxylic acids is 4. The Morgan fingerprint density at radius 2 is 1.91 bits per heavy atom. The number of Topliss-reactive ketones (excluding diaryl/α,β-unsaturated/α-hetero) is 2. The number of carbonyl (C=O) groups is 4. The lowest BCUT2D eigenvalue weighted by molar-refractivity contribution is -0.140. The second-order valence-electron chi connectivity index (χ2n) is 5.79. The van der Waals surface area contributed by atoms with Gasteiger partial charge in [0.2, 0.25) is 5.78 Å². The Morgan fingerprint density at radius 1 is 1.36 bits per heavy atom. The quantitative estimate of drug-likeness (QED) is 0.442. The van der Waals surface area contributed by atoms with Crippen LogP contribution in [0.4, 0.5) is 4.79 Å². The molecule has 1 aliphatic rings. The van der Waals surface area contributed by atoms with Gasteiger partial charge in [-0.25, -0.2) is 4.79 Å². The van der Waals surface area contributed by atoms with Crippen molar-refractivity contribution in [1.82, 2.24) is 4.90 Å². The van der Waals surface area contributed by atoms with Crippen LogP contribution in [0.3, 0.4) is 0 Å². The second kappa shape index (κ2) is 9.30. The van der Waals surface area contributed by atoms with Crippen LogP contribution in [0.1, 0.15) is 34.1 Å². The predicted octanol–water partition coefficient (Wildman–Crippen LogP) is 1.23. The van der Waals surface area contributed by atoms with Crippen LogP contribution < -0.4 is 0 Å². The van der Waals surface area contributed by atoms with Crippen molar-refractivity contribution in [2.24, 2.45) is 5.92 Å². The van der Waals surface area contributed by atoms with Crippen molar-refractivity contribution in [3.63, 3.8) is 0 Å². The van der Waals surface area contributed by atoms with Gasteiger partial charge in [0, 0.05) is 33.2 Å². The number of amides is 1. The van der Waals surface area contributed by atoms with E-state index in [0.29, 0.717) is 0 Å². The van der Waals surface area contributed by atoms with Gasteiger partial charge in [-0.15, -0.1) is 0 Å². The number of rotatable bonds is 3. The van der Waals surface area contributed by atoms with Crippen molar-refractivity contribution in [1.29, 1.82) is 0 Å². The third kappa shape index (κ3) is 7.31. The van der Waals surface area contributed by atoms with E-state index in [1.807, 2.05) is 6.92 Å². The number of nitrogens with zero attached hydrogens (tertiary/aromatic N) is 1. The maximum absolute atomic E-state index is 11.8. The first-order valence-corrected chi connectivity index (χ1v) is 7.14. The molecule has 1 rings (SSSR count). The summed E-state index contributed by atoms with van der Waals surface area (Å²) in [6.07, 6.45) is -0.372. The maximum Gasteiger partial charge on any atom is 0.410 e. The normalized spacial score (nSPS) is 18.1.